The van der Waals surface area contributed by atoms with Crippen molar-refractivity contribution in [2.24, 2.45) is 0 Å². The molecule has 122 valence electrons. The number of carbonyl (C=O) groups excluding carboxylic acids is 1. The van der Waals surface area contributed by atoms with Gasteiger partial charge in [-0.25, -0.2) is 0 Å². The van der Waals surface area contributed by atoms with Gasteiger partial charge in [0.05, 0.1) is 10.7 Å². The van der Waals surface area contributed by atoms with Gasteiger partial charge in [0, 0.05) is 0 Å². The lowest BCUT2D eigenvalue weighted by atomic mass is 10.1. The topological polar surface area (TPSA) is 38.3 Å². The lowest BCUT2D eigenvalue weighted by molar-refractivity contribution is -0.118. The Morgan fingerprint density at radius 2 is 1.70 bits per heavy atom. The molecule has 0 saturated heterocycles. The fraction of sp³-hybridized carbons (Fsp3) is 0.316. The van der Waals surface area contributed by atoms with Crippen LogP contribution in [0, 0.1) is 34.6 Å². The summed E-state index contributed by atoms with van der Waals surface area (Å²) < 4.78 is 5.73. The number of aryl methyl sites for hydroxylation is 4. The first-order valence-electron chi connectivity index (χ1n) is 7.55. The second-order valence-corrected chi connectivity index (χ2v) is 6.34. The van der Waals surface area contributed by atoms with Gasteiger partial charge in [-0.3, -0.25) is 4.79 Å². The van der Waals surface area contributed by atoms with E-state index in [1.165, 1.54) is 0 Å². The maximum Gasteiger partial charge on any atom is 0.262 e. The third-order valence-corrected chi connectivity index (χ3v) is 4.22. The highest BCUT2D eigenvalue weighted by Gasteiger charge is 2.12. The number of carbonyl (C=O) groups is 1. The van der Waals surface area contributed by atoms with Crippen LogP contribution in [0.4, 0.5) is 5.69 Å². The lowest BCUT2D eigenvalue weighted by Crippen LogP contribution is -2.21. The summed E-state index contributed by atoms with van der Waals surface area (Å²) in [7, 11) is 0. The molecule has 23 heavy (non-hydrogen) atoms. The van der Waals surface area contributed by atoms with E-state index in [0.717, 1.165) is 33.6 Å². The Hall–Kier alpha value is -2.00. The normalized spacial score (nSPS) is 10.5. The zero-order valence-electron chi connectivity index (χ0n) is 14.2. The van der Waals surface area contributed by atoms with Crippen molar-refractivity contribution in [2.45, 2.75) is 34.6 Å². The molecule has 0 unspecified atom stereocenters. The smallest absolute Gasteiger partial charge is 0.262 e. The zero-order chi connectivity index (χ0) is 17.1. The van der Waals surface area contributed by atoms with E-state index in [1.807, 2.05) is 58.9 Å². The quantitative estimate of drug-likeness (QED) is 0.865. The number of rotatable bonds is 4. The van der Waals surface area contributed by atoms with Crippen molar-refractivity contribution in [3.8, 4) is 5.75 Å². The summed E-state index contributed by atoms with van der Waals surface area (Å²) in [5.41, 5.74) is 5.86. The number of anilines is 1. The van der Waals surface area contributed by atoms with Gasteiger partial charge in [0.25, 0.3) is 5.91 Å². The molecule has 2 aromatic carbocycles. The predicted octanol–water partition coefficient (Wildman–Crippen LogP) is 4.90. The van der Waals surface area contributed by atoms with Crippen LogP contribution in [0.15, 0.2) is 24.3 Å². The third-order valence-electron chi connectivity index (χ3n) is 3.92. The van der Waals surface area contributed by atoms with Crippen LogP contribution in [0.2, 0.25) is 5.02 Å². The largest absolute Gasteiger partial charge is 0.483 e. The van der Waals surface area contributed by atoms with Crippen LogP contribution in [0.1, 0.15) is 27.8 Å². The number of ether oxygens (including phenoxy) is 1. The minimum atomic E-state index is -0.223. The summed E-state index contributed by atoms with van der Waals surface area (Å²) >= 11 is 6.21. The molecule has 0 saturated carbocycles. The SMILES string of the molecule is Cc1cc(C)c(NC(=O)COc2c(C)ccc(C)c2C)c(Cl)c1. The Morgan fingerprint density at radius 3 is 2.35 bits per heavy atom. The van der Waals surface area contributed by atoms with Gasteiger partial charge in [-0.1, -0.05) is 29.8 Å². The fourth-order valence-corrected chi connectivity index (χ4v) is 2.90. The van der Waals surface area contributed by atoms with Gasteiger partial charge >= 0.3 is 0 Å². The van der Waals surface area contributed by atoms with E-state index in [0.29, 0.717) is 10.7 Å². The summed E-state index contributed by atoms with van der Waals surface area (Å²) in [6.45, 7) is 9.84. The summed E-state index contributed by atoms with van der Waals surface area (Å²) in [4.78, 5) is 12.2. The molecule has 1 amide bonds. The Labute approximate surface area is 142 Å². The Balaban J connectivity index is 2.09. The molecule has 0 spiro atoms. The average molecular weight is 332 g/mol. The van der Waals surface area contributed by atoms with Crippen LogP contribution >= 0.6 is 11.6 Å². The monoisotopic (exact) mass is 331 g/mol. The van der Waals surface area contributed by atoms with Crippen LogP contribution in [0.25, 0.3) is 0 Å². The Kier molecular flexibility index (Phi) is 5.32. The summed E-state index contributed by atoms with van der Waals surface area (Å²) in [5.74, 6) is 0.547. The van der Waals surface area contributed by atoms with E-state index < -0.39 is 0 Å². The van der Waals surface area contributed by atoms with E-state index in [4.69, 9.17) is 16.3 Å². The van der Waals surface area contributed by atoms with Crippen molar-refractivity contribution in [1.82, 2.24) is 0 Å². The first-order chi connectivity index (χ1) is 10.8. The van der Waals surface area contributed by atoms with E-state index in [-0.39, 0.29) is 12.5 Å². The number of amides is 1. The van der Waals surface area contributed by atoms with Gasteiger partial charge in [-0.2, -0.15) is 0 Å². The molecule has 0 aliphatic rings. The molecule has 0 aliphatic carbocycles. The molecular weight excluding hydrogens is 310 g/mol. The second-order valence-electron chi connectivity index (χ2n) is 5.93. The lowest BCUT2D eigenvalue weighted by Gasteiger charge is -2.15. The van der Waals surface area contributed by atoms with E-state index in [2.05, 4.69) is 5.32 Å². The minimum Gasteiger partial charge on any atom is -0.483 e. The van der Waals surface area contributed by atoms with Crippen LogP contribution in [0.3, 0.4) is 0 Å². The number of hydrogen-bond acceptors (Lipinski definition) is 2. The van der Waals surface area contributed by atoms with E-state index in [9.17, 15) is 4.79 Å². The van der Waals surface area contributed by atoms with Crippen molar-refractivity contribution in [2.75, 3.05) is 11.9 Å². The first-order valence-corrected chi connectivity index (χ1v) is 7.93. The molecule has 2 rings (SSSR count). The van der Waals surface area contributed by atoms with Crippen LogP contribution < -0.4 is 10.1 Å². The highest BCUT2D eigenvalue weighted by atomic mass is 35.5. The molecule has 1 N–H and O–H groups in total. The maximum absolute atomic E-state index is 12.2. The van der Waals surface area contributed by atoms with Crippen LogP contribution in [-0.4, -0.2) is 12.5 Å². The standard InChI is InChI=1S/C19H22ClNO2/c1-11-8-14(4)18(16(20)9-11)21-17(22)10-23-19-13(3)7-6-12(2)15(19)5/h6-9H,10H2,1-5H3,(H,21,22). The molecule has 0 heterocycles. The van der Waals surface area contributed by atoms with Crippen molar-refractivity contribution in [3.05, 3.63) is 57.1 Å². The number of hydrogen-bond donors (Lipinski definition) is 1. The molecule has 0 bridgehead atoms. The van der Waals surface area contributed by atoms with E-state index >= 15 is 0 Å². The molecular formula is C19H22ClNO2. The van der Waals surface area contributed by atoms with Gasteiger partial charge in [0.15, 0.2) is 6.61 Å². The predicted molar refractivity (Wildman–Crippen MR) is 95.7 cm³/mol. The van der Waals surface area contributed by atoms with Gasteiger partial charge in [-0.05, 0) is 68.5 Å². The summed E-state index contributed by atoms with van der Waals surface area (Å²) in [6.07, 6.45) is 0. The Morgan fingerprint density at radius 1 is 1.04 bits per heavy atom. The van der Waals surface area contributed by atoms with Crippen molar-refractivity contribution < 1.29 is 9.53 Å². The van der Waals surface area contributed by atoms with Crippen molar-refractivity contribution >= 4 is 23.2 Å². The highest BCUT2D eigenvalue weighted by Crippen LogP contribution is 2.28. The Bertz CT molecular complexity index is 730. The third kappa shape index (κ3) is 4.05. The van der Waals surface area contributed by atoms with Gasteiger partial charge < -0.3 is 10.1 Å². The first kappa shape index (κ1) is 17.4. The summed E-state index contributed by atoms with van der Waals surface area (Å²) in [5, 5.41) is 3.37. The van der Waals surface area contributed by atoms with Gasteiger partial charge in [0.2, 0.25) is 0 Å². The van der Waals surface area contributed by atoms with E-state index in [1.54, 1.807) is 0 Å². The molecule has 3 nitrogen and oxygen atoms in total. The fourth-order valence-electron chi connectivity index (χ4n) is 2.53. The second kappa shape index (κ2) is 7.05. The van der Waals surface area contributed by atoms with Crippen LogP contribution in [-0.2, 0) is 4.79 Å². The van der Waals surface area contributed by atoms with Crippen molar-refractivity contribution in [3.63, 3.8) is 0 Å². The van der Waals surface area contributed by atoms with Gasteiger partial charge in [-0.15, -0.1) is 0 Å². The molecule has 0 aliphatic heterocycles. The molecule has 0 atom stereocenters. The molecule has 4 heteroatoms. The summed E-state index contributed by atoms with van der Waals surface area (Å²) in [6, 6.07) is 7.86. The number of nitrogens with one attached hydrogen (secondary N) is 1. The maximum atomic E-state index is 12.2. The van der Waals surface area contributed by atoms with Crippen LogP contribution in [0.5, 0.6) is 5.75 Å². The minimum absolute atomic E-state index is 0.0468. The highest BCUT2D eigenvalue weighted by molar-refractivity contribution is 6.34. The molecule has 0 fully saturated rings. The van der Waals surface area contributed by atoms with Crippen molar-refractivity contribution in [1.29, 1.82) is 0 Å². The average Bonchev–Trinajstić information content (AvgIpc) is 2.47. The molecule has 0 radical (unpaired) electrons. The molecule has 0 aromatic heterocycles. The zero-order valence-corrected chi connectivity index (χ0v) is 15.0. The molecule has 2 aromatic rings. The van der Waals surface area contributed by atoms with Gasteiger partial charge in [0.1, 0.15) is 5.75 Å². The number of halogens is 1. The number of benzene rings is 2.